The SMILES string of the molecule is O=C(NNC(=O)c1ccc[nH]c1=S)c1ccc(Br)cc1. The van der Waals surface area contributed by atoms with Crippen molar-refractivity contribution in [2.75, 3.05) is 0 Å². The van der Waals surface area contributed by atoms with Crippen LogP contribution < -0.4 is 10.9 Å². The van der Waals surface area contributed by atoms with Crippen LogP contribution in [-0.4, -0.2) is 16.8 Å². The predicted octanol–water partition coefficient (Wildman–Crippen LogP) is 2.58. The first-order valence-electron chi connectivity index (χ1n) is 5.62. The van der Waals surface area contributed by atoms with Gasteiger partial charge in [0, 0.05) is 16.2 Å². The van der Waals surface area contributed by atoms with Gasteiger partial charge in [-0.3, -0.25) is 20.4 Å². The topological polar surface area (TPSA) is 74.0 Å². The van der Waals surface area contributed by atoms with Gasteiger partial charge in [0.05, 0.1) is 5.56 Å². The first-order valence-corrected chi connectivity index (χ1v) is 6.82. The second kappa shape index (κ2) is 6.44. The molecule has 2 amide bonds. The van der Waals surface area contributed by atoms with E-state index in [9.17, 15) is 9.59 Å². The number of benzene rings is 1. The minimum Gasteiger partial charge on any atom is -0.352 e. The number of hydrogen-bond acceptors (Lipinski definition) is 3. The average molecular weight is 352 g/mol. The third kappa shape index (κ3) is 3.52. The smallest absolute Gasteiger partial charge is 0.272 e. The number of hydrazine groups is 1. The lowest BCUT2D eigenvalue weighted by Gasteiger charge is -2.07. The van der Waals surface area contributed by atoms with Gasteiger partial charge in [-0.25, -0.2) is 0 Å². The Morgan fingerprint density at radius 1 is 1.05 bits per heavy atom. The van der Waals surface area contributed by atoms with Crippen LogP contribution in [0.5, 0.6) is 0 Å². The van der Waals surface area contributed by atoms with E-state index in [1.807, 2.05) is 0 Å². The zero-order valence-electron chi connectivity index (χ0n) is 10.1. The van der Waals surface area contributed by atoms with E-state index in [4.69, 9.17) is 12.2 Å². The summed E-state index contributed by atoms with van der Waals surface area (Å²) in [6.45, 7) is 0. The maximum absolute atomic E-state index is 11.8. The molecule has 2 aromatic rings. The van der Waals surface area contributed by atoms with Crippen LogP contribution in [0.1, 0.15) is 20.7 Å². The number of pyridine rings is 1. The molecule has 0 unspecified atom stereocenters. The molecule has 0 saturated carbocycles. The Balaban J connectivity index is 2.00. The Morgan fingerprint density at radius 2 is 1.70 bits per heavy atom. The molecule has 2 rings (SSSR count). The van der Waals surface area contributed by atoms with Gasteiger partial charge in [-0.05, 0) is 36.4 Å². The van der Waals surface area contributed by atoms with E-state index in [0.717, 1.165) is 4.47 Å². The number of hydrogen-bond donors (Lipinski definition) is 3. The van der Waals surface area contributed by atoms with Crippen molar-refractivity contribution in [1.82, 2.24) is 15.8 Å². The largest absolute Gasteiger partial charge is 0.352 e. The van der Waals surface area contributed by atoms with E-state index in [1.54, 1.807) is 42.6 Å². The summed E-state index contributed by atoms with van der Waals surface area (Å²) in [4.78, 5) is 26.4. The summed E-state index contributed by atoms with van der Waals surface area (Å²) in [5, 5.41) is 0. The minimum absolute atomic E-state index is 0.290. The number of amides is 2. The van der Waals surface area contributed by atoms with E-state index < -0.39 is 11.8 Å². The highest BCUT2D eigenvalue weighted by atomic mass is 79.9. The summed E-state index contributed by atoms with van der Waals surface area (Å²) in [7, 11) is 0. The number of aromatic amines is 1. The number of aromatic nitrogens is 1. The van der Waals surface area contributed by atoms with E-state index >= 15 is 0 Å². The molecule has 0 fully saturated rings. The third-order valence-electron chi connectivity index (χ3n) is 2.46. The second-order valence-corrected chi connectivity index (χ2v) is 5.15. The Labute approximate surface area is 128 Å². The van der Waals surface area contributed by atoms with E-state index in [2.05, 4.69) is 31.8 Å². The number of nitrogens with one attached hydrogen (secondary N) is 3. The van der Waals surface area contributed by atoms with Gasteiger partial charge in [0.1, 0.15) is 4.64 Å². The fraction of sp³-hybridized carbons (Fsp3) is 0. The van der Waals surface area contributed by atoms with Crippen LogP contribution in [0.25, 0.3) is 0 Å². The van der Waals surface area contributed by atoms with Crippen molar-refractivity contribution in [3.8, 4) is 0 Å². The highest BCUT2D eigenvalue weighted by Crippen LogP contribution is 2.10. The quantitative estimate of drug-likeness (QED) is 0.575. The Hall–Kier alpha value is -1.99. The van der Waals surface area contributed by atoms with Crippen LogP contribution in [0.4, 0.5) is 0 Å². The Morgan fingerprint density at radius 3 is 2.35 bits per heavy atom. The van der Waals surface area contributed by atoms with Crippen molar-refractivity contribution in [1.29, 1.82) is 0 Å². The molecule has 0 spiro atoms. The Kier molecular flexibility index (Phi) is 4.65. The van der Waals surface area contributed by atoms with E-state index in [-0.39, 0.29) is 0 Å². The van der Waals surface area contributed by atoms with Gasteiger partial charge >= 0.3 is 0 Å². The van der Waals surface area contributed by atoms with Crippen LogP contribution in [0.2, 0.25) is 0 Å². The number of H-pyrrole nitrogens is 1. The molecular weight excluding hydrogens is 342 g/mol. The van der Waals surface area contributed by atoms with Gasteiger partial charge in [0.2, 0.25) is 0 Å². The molecule has 1 aromatic carbocycles. The Bertz CT molecular complexity index is 697. The maximum atomic E-state index is 11.8. The molecule has 1 aromatic heterocycles. The standard InChI is InChI=1S/C13H10BrN3O2S/c14-9-5-3-8(4-6-9)11(18)16-17-12(19)10-2-1-7-15-13(10)20/h1-7H,(H,15,20)(H,16,18)(H,17,19). The number of carbonyl (C=O) groups is 2. The van der Waals surface area contributed by atoms with Gasteiger partial charge < -0.3 is 4.98 Å². The molecule has 0 aliphatic rings. The zero-order valence-corrected chi connectivity index (χ0v) is 12.5. The highest BCUT2D eigenvalue weighted by molar-refractivity contribution is 9.10. The normalized spacial score (nSPS) is 9.85. The first-order chi connectivity index (χ1) is 9.58. The lowest BCUT2D eigenvalue weighted by atomic mass is 10.2. The summed E-state index contributed by atoms with van der Waals surface area (Å²) in [6, 6.07) is 9.98. The minimum atomic E-state index is -0.475. The molecule has 0 aliphatic heterocycles. The molecule has 7 heteroatoms. The average Bonchev–Trinajstić information content (AvgIpc) is 2.45. The summed E-state index contributed by atoms with van der Waals surface area (Å²) in [5.74, 6) is -0.881. The van der Waals surface area contributed by atoms with Gasteiger partial charge in [-0.1, -0.05) is 28.1 Å². The zero-order chi connectivity index (χ0) is 14.5. The predicted molar refractivity (Wildman–Crippen MR) is 80.7 cm³/mol. The molecule has 0 atom stereocenters. The second-order valence-electron chi connectivity index (χ2n) is 3.83. The van der Waals surface area contributed by atoms with Crippen molar-refractivity contribution in [3.05, 3.63) is 62.8 Å². The summed E-state index contributed by atoms with van der Waals surface area (Å²) in [6.07, 6.45) is 1.62. The maximum Gasteiger partial charge on any atom is 0.272 e. The number of carbonyl (C=O) groups excluding carboxylic acids is 2. The molecule has 0 radical (unpaired) electrons. The van der Waals surface area contributed by atoms with Crippen molar-refractivity contribution < 1.29 is 9.59 Å². The van der Waals surface area contributed by atoms with Gasteiger partial charge in [0.15, 0.2) is 0 Å². The van der Waals surface area contributed by atoms with Gasteiger partial charge in [0.25, 0.3) is 11.8 Å². The fourth-order valence-electron chi connectivity index (χ4n) is 1.45. The molecule has 0 saturated heterocycles. The van der Waals surface area contributed by atoms with E-state index in [1.165, 1.54) is 0 Å². The van der Waals surface area contributed by atoms with Crippen molar-refractivity contribution >= 4 is 40.0 Å². The first kappa shape index (κ1) is 14.4. The van der Waals surface area contributed by atoms with Gasteiger partial charge in [-0.15, -0.1) is 0 Å². The van der Waals surface area contributed by atoms with Crippen LogP contribution >= 0.6 is 28.1 Å². The summed E-state index contributed by atoms with van der Waals surface area (Å²) in [5.41, 5.74) is 5.37. The van der Waals surface area contributed by atoms with E-state index in [0.29, 0.717) is 15.8 Å². The van der Waals surface area contributed by atoms with Gasteiger partial charge in [-0.2, -0.15) is 0 Å². The molecule has 5 nitrogen and oxygen atoms in total. The van der Waals surface area contributed by atoms with Crippen molar-refractivity contribution in [3.63, 3.8) is 0 Å². The van der Waals surface area contributed by atoms with Crippen LogP contribution in [0.3, 0.4) is 0 Å². The number of rotatable bonds is 2. The highest BCUT2D eigenvalue weighted by Gasteiger charge is 2.10. The molecule has 0 aliphatic carbocycles. The molecule has 0 bridgehead atoms. The fourth-order valence-corrected chi connectivity index (χ4v) is 1.95. The summed E-state index contributed by atoms with van der Waals surface area (Å²) < 4.78 is 1.18. The third-order valence-corrected chi connectivity index (χ3v) is 3.33. The van der Waals surface area contributed by atoms with Crippen LogP contribution in [-0.2, 0) is 0 Å². The van der Waals surface area contributed by atoms with Crippen LogP contribution in [0, 0.1) is 4.64 Å². The van der Waals surface area contributed by atoms with Crippen molar-refractivity contribution in [2.45, 2.75) is 0 Å². The molecule has 102 valence electrons. The lowest BCUT2D eigenvalue weighted by molar-refractivity contribution is 0.0846. The van der Waals surface area contributed by atoms with Crippen molar-refractivity contribution in [2.24, 2.45) is 0 Å². The lowest BCUT2D eigenvalue weighted by Crippen LogP contribution is -2.41. The number of halogens is 1. The molecular formula is C13H10BrN3O2S. The summed E-state index contributed by atoms with van der Waals surface area (Å²) >= 11 is 8.26. The molecule has 20 heavy (non-hydrogen) atoms. The van der Waals surface area contributed by atoms with Crippen LogP contribution in [0.15, 0.2) is 47.1 Å². The monoisotopic (exact) mass is 351 g/mol. The molecule has 3 N–H and O–H groups in total. The molecule has 1 heterocycles.